The average Bonchev–Trinajstić information content (AvgIpc) is 3.48. The predicted molar refractivity (Wildman–Crippen MR) is 136 cm³/mol. The first kappa shape index (κ1) is 22.9. The number of aromatic nitrogens is 1. The highest BCUT2D eigenvalue weighted by molar-refractivity contribution is 8.00. The second-order valence-corrected chi connectivity index (χ2v) is 9.20. The van der Waals surface area contributed by atoms with Crippen LogP contribution in [0.3, 0.4) is 0 Å². The number of rotatable bonds is 10. The van der Waals surface area contributed by atoms with Crippen molar-refractivity contribution in [2.75, 3.05) is 24.2 Å². The normalized spacial score (nSPS) is 10.8. The number of hydrogen-bond donors (Lipinski definition) is 2. The lowest BCUT2D eigenvalue weighted by atomic mass is 10.2. The van der Waals surface area contributed by atoms with Crippen LogP contribution in [0.5, 0.6) is 5.75 Å². The molecule has 4 aromatic rings. The first-order valence-corrected chi connectivity index (χ1v) is 12.6. The van der Waals surface area contributed by atoms with Gasteiger partial charge < -0.3 is 19.9 Å². The van der Waals surface area contributed by atoms with E-state index in [4.69, 9.17) is 4.74 Å². The van der Waals surface area contributed by atoms with E-state index < -0.39 is 0 Å². The zero-order chi connectivity index (χ0) is 23.0. The van der Waals surface area contributed by atoms with E-state index in [-0.39, 0.29) is 11.8 Å². The summed E-state index contributed by atoms with van der Waals surface area (Å²) in [5, 5.41) is 8.89. The molecule has 0 fully saturated rings. The maximum absolute atomic E-state index is 12.5. The largest absolute Gasteiger partial charge is 0.494 e. The Morgan fingerprint density at radius 2 is 1.88 bits per heavy atom. The molecule has 0 saturated heterocycles. The van der Waals surface area contributed by atoms with E-state index in [0.29, 0.717) is 30.3 Å². The minimum atomic E-state index is -0.0656. The third kappa shape index (κ3) is 5.97. The molecular formula is C25H25N3O3S2. The molecule has 170 valence electrons. The van der Waals surface area contributed by atoms with E-state index in [2.05, 4.69) is 33.5 Å². The van der Waals surface area contributed by atoms with Crippen LogP contribution in [0.15, 0.2) is 77.1 Å². The van der Waals surface area contributed by atoms with Gasteiger partial charge in [-0.3, -0.25) is 9.59 Å². The third-order valence-electron chi connectivity index (χ3n) is 4.94. The fraction of sp³-hybridized carbons (Fsp3) is 0.200. The maximum atomic E-state index is 12.5. The molecule has 0 unspecified atom stereocenters. The Morgan fingerprint density at radius 1 is 1.06 bits per heavy atom. The molecule has 0 bridgehead atoms. The fourth-order valence-corrected chi connectivity index (χ4v) is 4.97. The van der Waals surface area contributed by atoms with Crippen molar-refractivity contribution < 1.29 is 14.3 Å². The molecule has 2 aromatic carbocycles. The molecule has 0 spiro atoms. The molecule has 0 aliphatic heterocycles. The zero-order valence-corrected chi connectivity index (χ0v) is 19.9. The number of para-hydroxylation sites is 1. The van der Waals surface area contributed by atoms with Crippen LogP contribution in [0.2, 0.25) is 0 Å². The lowest BCUT2D eigenvalue weighted by Crippen LogP contribution is -2.26. The molecule has 2 heterocycles. The summed E-state index contributed by atoms with van der Waals surface area (Å²) in [4.78, 5) is 26.4. The van der Waals surface area contributed by atoms with Crippen molar-refractivity contribution in [2.45, 2.75) is 18.4 Å². The number of ether oxygens (including phenoxy) is 1. The van der Waals surface area contributed by atoms with Gasteiger partial charge in [-0.15, -0.1) is 23.1 Å². The van der Waals surface area contributed by atoms with Crippen LogP contribution in [0.1, 0.15) is 16.6 Å². The number of fused-ring (bicyclic) bond motifs is 1. The maximum Gasteiger partial charge on any atom is 0.261 e. The minimum absolute atomic E-state index is 0.0537. The number of thioether (sulfide) groups is 1. The lowest BCUT2D eigenvalue weighted by Gasteiger charge is -2.07. The van der Waals surface area contributed by atoms with E-state index in [9.17, 15) is 9.59 Å². The molecule has 6 nitrogen and oxygen atoms in total. The Balaban J connectivity index is 1.35. The van der Waals surface area contributed by atoms with Crippen LogP contribution >= 0.6 is 23.1 Å². The van der Waals surface area contributed by atoms with Crippen LogP contribution in [0.4, 0.5) is 5.69 Å². The van der Waals surface area contributed by atoms with E-state index in [1.807, 2.05) is 60.8 Å². The second-order valence-electron chi connectivity index (χ2n) is 7.23. The van der Waals surface area contributed by atoms with Gasteiger partial charge >= 0.3 is 0 Å². The van der Waals surface area contributed by atoms with Gasteiger partial charge in [0.05, 0.1) is 17.2 Å². The molecule has 0 radical (unpaired) electrons. The molecule has 4 rings (SSSR count). The summed E-state index contributed by atoms with van der Waals surface area (Å²) in [6.45, 7) is 3.72. The van der Waals surface area contributed by atoms with Crippen molar-refractivity contribution in [1.82, 2.24) is 9.88 Å². The number of carbonyl (C=O) groups excluding carboxylic acids is 2. The quantitative estimate of drug-likeness (QED) is 0.304. The molecule has 0 atom stereocenters. The second kappa shape index (κ2) is 11.1. The molecule has 2 N–H and O–H groups in total. The Hall–Kier alpha value is -3.23. The Labute approximate surface area is 201 Å². The SMILES string of the molecule is CCOc1ccc(NC(=O)CSc2cn(CCNC(=O)c3cccs3)c3ccccc23)cc1. The van der Waals surface area contributed by atoms with Crippen LogP contribution in [-0.2, 0) is 11.3 Å². The number of amides is 2. The van der Waals surface area contributed by atoms with E-state index >= 15 is 0 Å². The molecular weight excluding hydrogens is 454 g/mol. The molecule has 0 aliphatic rings. The van der Waals surface area contributed by atoms with Gasteiger partial charge in [0.25, 0.3) is 5.91 Å². The lowest BCUT2D eigenvalue weighted by molar-refractivity contribution is -0.113. The van der Waals surface area contributed by atoms with Gasteiger partial charge in [-0.25, -0.2) is 0 Å². The summed E-state index contributed by atoms with van der Waals surface area (Å²) in [5.74, 6) is 0.964. The third-order valence-corrected chi connectivity index (χ3v) is 6.85. The van der Waals surface area contributed by atoms with Gasteiger partial charge in [0, 0.05) is 40.8 Å². The first-order chi connectivity index (χ1) is 16.1. The topological polar surface area (TPSA) is 72.4 Å². The molecule has 2 amide bonds. The highest BCUT2D eigenvalue weighted by Gasteiger charge is 2.12. The van der Waals surface area contributed by atoms with E-state index in [1.54, 1.807) is 0 Å². The average molecular weight is 480 g/mol. The van der Waals surface area contributed by atoms with Crippen molar-refractivity contribution in [1.29, 1.82) is 0 Å². The number of anilines is 1. The number of carbonyl (C=O) groups is 2. The highest BCUT2D eigenvalue weighted by Crippen LogP contribution is 2.30. The zero-order valence-electron chi connectivity index (χ0n) is 18.2. The van der Waals surface area contributed by atoms with E-state index in [0.717, 1.165) is 27.2 Å². The van der Waals surface area contributed by atoms with Crippen LogP contribution in [0.25, 0.3) is 10.9 Å². The summed E-state index contributed by atoms with van der Waals surface area (Å²) in [5.41, 5.74) is 1.82. The van der Waals surface area contributed by atoms with Crippen molar-refractivity contribution in [3.8, 4) is 5.75 Å². The minimum Gasteiger partial charge on any atom is -0.494 e. The first-order valence-electron chi connectivity index (χ1n) is 10.7. The Bertz CT molecular complexity index is 1220. The standard InChI is InChI=1S/C25H25N3O3S2/c1-2-31-19-11-9-18(10-12-19)27-24(29)17-33-23-16-28(21-7-4-3-6-20(21)23)14-13-26-25(30)22-8-5-15-32-22/h3-12,15-16H,2,13-14,17H2,1H3,(H,26,30)(H,27,29). The van der Waals surface area contributed by atoms with Gasteiger partial charge in [-0.2, -0.15) is 0 Å². The van der Waals surface area contributed by atoms with Crippen molar-refractivity contribution in [3.63, 3.8) is 0 Å². The summed E-state index contributed by atoms with van der Waals surface area (Å²) in [6.07, 6.45) is 2.05. The van der Waals surface area contributed by atoms with Gasteiger partial charge in [-0.05, 0) is 48.7 Å². The molecule has 0 aliphatic carbocycles. The van der Waals surface area contributed by atoms with Crippen molar-refractivity contribution in [2.24, 2.45) is 0 Å². The Kier molecular flexibility index (Phi) is 7.70. The van der Waals surface area contributed by atoms with Crippen LogP contribution in [0, 0.1) is 0 Å². The number of hydrogen-bond acceptors (Lipinski definition) is 5. The number of nitrogens with one attached hydrogen (secondary N) is 2. The summed E-state index contributed by atoms with van der Waals surface area (Å²) in [6, 6.07) is 19.2. The monoisotopic (exact) mass is 479 g/mol. The van der Waals surface area contributed by atoms with Crippen molar-refractivity contribution >= 4 is 51.5 Å². The van der Waals surface area contributed by atoms with E-state index in [1.165, 1.54) is 23.1 Å². The molecule has 8 heteroatoms. The van der Waals surface area contributed by atoms with Crippen LogP contribution < -0.4 is 15.4 Å². The number of benzene rings is 2. The molecule has 2 aromatic heterocycles. The summed E-state index contributed by atoms with van der Waals surface area (Å²) in [7, 11) is 0. The van der Waals surface area contributed by atoms with Gasteiger partial charge in [0.2, 0.25) is 5.91 Å². The number of nitrogens with zero attached hydrogens (tertiary/aromatic N) is 1. The summed E-state index contributed by atoms with van der Waals surface area (Å²) >= 11 is 2.93. The predicted octanol–water partition coefficient (Wildman–Crippen LogP) is 5.26. The molecule has 33 heavy (non-hydrogen) atoms. The number of thiophene rings is 1. The highest BCUT2D eigenvalue weighted by atomic mass is 32.2. The van der Waals surface area contributed by atoms with Gasteiger partial charge in [0.15, 0.2) is 0 Å². The Morgan fingerprint density at radius 3 is 2.64 bits per heavy atom. The summed E-state index contributed by atoms with van der Waals surface area (Å²) < 4.78 is 7.55. The van der Waals surface area contributed by atoms with Gasteiger partial charge in [0.1, 0.15) is 5.75 Å². The van der Waals surface area contributed by atoms with Gasteiger partial charge in [-0.1, -0.05) is 24.3 Å². The smallest absolute Gasteiger partial charge is 0.261 e. The molecule has 0 saturated carbocycles. The van der Waals surface area contributed by atoms with Crippen LogP contribution in [-0.4, -0.2) is 35.3 Å². The van der Waals surface area contributed by atoms with Crippen molar-refractivity contribution in [3.05, 3.63) is 77.1 Å². The fourth-order valence-electron chi connectivity index (χ4n) is 3.44.